The number of aliphatic hydroxyl groups is 2. The monoisotopic (exact) mass is 461 g/mol. The standard InChI is InChI=1S/C26H27N3O5/c1-5-13-11(2)29(26-24(33-4)23(31)22(30)12(3)34-26)21-18(13)19-15(10-27-25(19)32)17-14-8-6-7-9-16(14)28-20(17)21/h5-9,12,22-24,26,28,30-31H,1,10H2,2-4H3,(H,27,32). The Morgan fingerprint density at radius 2 is 2.00 bits per heavy atom. The Labute approximate surface area is 195 Å². The molecule has 2 aromatic carbocycles. The summed E-state index contributed by atoms with van der Waals surface area (Å²) in [5, 5.41) is 27.1. The maximum atomic E-state index is 13.1. The van der Waals surface area contributed by atoms with Crippen molar-refractivity contribution in [1.82, 2.24) is 14.9 Å². The number of nitrogens with one attached hydrogen (secondary N) is 2. The van der Waals surface area contributed by atoms with E-state index < -0.39 is 30.6 Å². The van der Waals surface area contributed by atoms with Crippen LogP contribution in [0.1, 0.15) is 40.3 Å². The first kappa shape index (κ1) is 21.4. The Bertz CT molecular complexity index is 1500. The van der Waals surface area contributed by atoms with Gasteiger partial charge in [-0.05, 0) is 25.5 Å². The molecule has 0 saturated carbocycles. The van der Waals surface area contributed by atoms with E-state index in [0.29, 0.717) is 12.1 Å². The third-order valence-electron chi connectivity index (χ3n) is 7.48. The molecule has 8 heteroatoms. The molecule has 2 aromatic heterocycles. The van der Waals surface area contributed by atoms with E-state index in [9.17, 15) is 15.0 Å². The van der Waals surface area contributed by atoms with E-state index in [1.165, 1.54) is 7.11 Å². The molecule has 4 heterocycles. The number of hydrogen-bond acceptors (Lipinski definition) is 5. The van der Waals surface area contributed by atoms with Gasteiger partial charge in [0.15, 0.2) is 6.23 Å². The van der Waals surface area contributed by atoms with Gasteiger partial charge in [-0.3, -0.25) is 4.79 Å². The highest BCUT2D eigenvalue weighted by Gasteiger charge is 2.45. The normalized spacial score (nSPS) is 27.0. The lowest BCUT2D eigenvalue weighted by Gasteiger charge is -2.42. The van der Waals surface area contributed by atoms with Crippen molar-refractivity contribution < 1.29 is 24.5 Å². The second kappa shape index (κ2) is 7.41. The molecule has 6 rings (SSSR count). The highest BCUT2D eigenvalue weighted by atomic mass is 16.6. The summed E-state index contributed by atoms with van der Waals surface area (Å²) in [6.07, 6.45) is -2.63. The number of aromatic amines is 1. The lowest BCUT2D eigenvalue weighted by atomic mass is 9.96. The second-order valence-corrected chi connectivity index (χ2v) is 9.17. The van der Waals surface area contributed by atoms with Crippen LogP contribution in [0.3, 0.4) is 0 Å². The molecule has 0 radical (unpaired) electrons. The van der Waals surface area contributed by atoms with E-state index in [4.69, 9.17) is 9.47 Å². The van der Waals surface area contributed by atoms with Gasteiger partial charge in [0, 0.05) is 46.6 Å². The van der Waals surface area contributed by atoms with Crippen LogP contribution < -0.4 is 5.32 Å². The van der Waals surface area contributed by atoms with E-state index in [-0.39, 0.29) is 5.91 Å². The number of fused-ring (bicyclic) bond motifs is 8. The third kappa shape index (κ3) is 2.59. The highest BCUT2D eigenvalue weighted by molar-refractivity contribution is 6.26. The zero-order valence-corrected chi connectivity index (χ0v) is 19.3. The lowest BCUT2D eigenvalue weighted by molar-refractivity contribution is -0.246. The van der Waals surface area contributed by atoms with E-state index >= 15 is 0 Å². The summed E-state index contributed by atoms with van der Waals surface area (Å²) in [7, 11) is 1.49. The fourth-order valence-corrected chi connectivity index (χ4v) is 5.87. The largest absolute Gasteiger partial charge is 0.388 e. The minimum Gasteiger partial charge on any atom is -0.388 e. The van der Waals surface area contributed by atoms with Crippen LogP contribution in [-0.4, -0.2) is 57.2 Å². The summed E-state index contributed by atoms with van der Waals surface area (Å²) in [5.74, 6) is -0.121. The van der Waals surface area contributed by atoms with Crippen LogP contribution in [0.25, 0.3) is 38.8 Å². The third-order valence-corrected chi connectivity index (χ3v) is 7.48. The average Bonchev–Trinajstić information content (AvgIpc) is 3.48. The molecular weight excluding hydrogens is 434 g/mol. The van der Waals surface area contributed by atoms with Crippen LogP contribution in [0, 0.1) is 6.92 Å². The SMILES string of the molecule is C=Cc1c(C)n(C2OC(C)C(O)C(O)C2OC)c2c1c1c(c3c4ccccc4[nH]c32)CNC1=O. The molecule has 34 heavy (non-hydrogen) atoms. The molecule has 2 aliphatic heterocycles. The quantitative estimate of drug-likeness (QED) is 0.375. The van der Waals surface area contributed by atoms with Crippen molar-refractivity contribution in [3.63, 3.8) is 0 Å². The van der Waals surface area contributed by atoms with Crippen LogP contribution in [0.15, 0.2) is 30.8 Å². The van der Waals surface area contributed by atoms with E-state index in [2.05, 4.69) is 22.9 Å². The Hall–Kier alpha value is -3.17. The first-order valence-electron chi connectivity index (χ1n) is 11.4. The molecule has 0 aliphatic carbocycles. The number of benzene rings is 2. The number of para-hydroxylation sites is 1. The van der Waals surface area contributed by atoms with Gasteiger partial charge in [-0.25, -0.2) is 0 Å². The number of aromatic nitrogens is 2. The maximum absolute atomic E-state index is 13.1. The predicted octanol–water partition coefficient (Wildman–Crippen LogP) is 3.12. The zero-order chi connectivity index (χ0) is 23.9. The van der Waals surface area contributed by atoms with Gasteiger partial charge in [0.05, 0.1) is 22.7 Å². The summed E-state index contributed by atoms with van der Waals surface area (Å²) in [5.41, 5.74) is 5.90. The number of H-pyrrole nitrogens is 1. The number of amides is 1. The van der Waals surface area contributed by atoms with Crippen LogP contribution in [0.4, 0.5) is 0 Å². The Morgan fingerprint density at radius 3 is 2.74 bits per heavy atom. The van der Waals surface area contributed by atoms with Crippen LogP contribution in [0.2, 0.25) is 0 Å². The molecule has 1 fully saturated rings. The fraction of sp³-hybridized carbons (Fsp3) is 0.346. The van der Waals surface area contributed by atoms with Crippen molar-refractivity contribution in [1.29, 1.82) is 0 Å². The van der Waals surface area contributed by atoms with Crippen molar-refractivity contribution >= 4 is 44.7 Å². The van der Waals surface area contributed by atoms with Crippen LogP contribution >= 0.6 is 0 Å². The van der Waals surface area contributed by atoms with Crippen molar-refractivity contribution in [2.75, 3.05) is 7.11 Å². The molecule has 8 nitrogen and oxygen atoms in total. The molecule has 4 aromatic rings. The topological polar surface area (TPSA) is 109 Å². The number of hydrogen-bond donors (Lipinski definition) is 4. The van der Waals surface area contributed by atoms with Crippen molar-refractivity contribution in [2.24, 2.45) is 0 Å². The summed E-state index contributed by atoms with van der Waals surface area (Å²) < 4.78 is 13.9. The Kier molecular flexibility index (Phi) is 4.66. The van der Waals surface area contributed by atoms with Crippen LogP contribution in [0.5, 0.6) is 0 Å². The van der Waals surface area contributed by atoms with Crippen molar-refractivity contribution in [2.45, 2.75) is 51.0 Å². The van der Waals surface area contributed by atoms with Gasteiger partial charge < -0.3 is 34.6 Å². The maximum Gasteiger partial charge on any atom is 0.252 e. The molecule has 4 N–H and O–H groups in total. The van der Waals surface area contributed by atoms with Crippen LogP contribution in [-0.2, 0) is 16.0 Å². The van der Waals surface area contributed by atoms with Gasteiger partial charge in [-0.1, -0.05) is 30.9 Å². The minimum atomic E-state index is -1.14. The lowest BCUT2D eigenvalue weighted by Crippen LogP contribution is -2.55. The van der Waals surface area contributed by atoms with E-state index in [1.807, 2.05) is 29.7 Å². The van der Waals surface area contributed by atoms with Gasteiger partial charge >= 0.3 is 0 Å². The summed E-state index contributed by atoms with van der Waals surface area (Å²) in [6, 6.07) is 8.03. The summed E-state index contributed by atoms with van der Waals surface area (Å²) >= 11 is 0. The predicted molar refractivity (Wildman–Crippen MR) is 130 cm³/mol. The van der Waals surface area contributed by atoms with Gasteiger partial charge in [0.2, 0.25) is 0 Å². The minimum absolute atomic E-state index is 0.121. The van der Waals surface area contributed by atoms with Gasteiger partial charge in [-0.15, -0.1) is 0 Å². The van der Waals surface area contributed by atoms with Gasteiger partial charge in [0.25, 0.3) is 5.91 Å². The number of aliphatic hydroxyl groups excluding tert-OH is 2. The second-order valence-electron chi connectivity index (χ2n) is 9.17. The molecule has 176 valence electrons. The Balaban J connectivity index is 1.80. The molecule has 1 saturated heterocycles. The van der Waals surface area contributed by atoms with Gasteiger partial charge in [-0.2, -0.15) is 0 Å². The van der Waals surface area contributed by atoms with Crippen molar-refractivity contribution in [3.8, 4) is 0 Å². The van der Waals surface area contributed by atoms with E-state index in [1.54, 1.807) is 13.0 Å². The average molecular weight is 462 g/mol. The number of methoxy groups -OCH3 is 1. The van der Waals surface area contributed by atoms with E-state index in [0.717, 1.165) is 49.5 Å². The molecule has 1 amide bonds. The molecule has 0 bridgehead atoms. The summed E-state index contributed by atoms with van der Waals surface area (Å²) in [6.45, 7) is 8.16. The highest BCUT2D eigenvalue weighted by Crippen LogP contribution is 2.45. The molecule has 5 atom stereocenters. The number of nitrogens with zero attached hydrogens (tertiary/aromatic N) is 1. The smallest absolute Gasteiger partial charge is 0.252 e. The zero-order valence-electron chi connectivity index (χ0n) is 19.3. The molecule has 0 spiro atoms. The number of carbonyl (C=O) groups excluding carboxylic acids is 1. The first-order chi connectivity index (χ1) is 16.4. The fourth-order valence-electron chi connectivity index (χ4n) is 5.87. The number of rotatable bonds is 3. The Morgan fingerprint density at radius 1 is 1.24 bits per heavy atom. The molecule has 2 aliphatic rings. The van der Waals surface area contributed by atoms with Crippen molar-refractivity contribution in [3.05, 3.63) is 53.2 Å². The summed E-state index contributed by atoms with van der Waals surface area (Å²) in [4.78, 5) is 16.7. The van der Waals surface area contributed by atoms with Gasteiger partial charge in [0.1, 0.15) is 18.3 Å². The number of ether oxygens (including phenoxy) is 2. The molecule has 5 unspecified atom stereocenters. The number of carbonyl (C=O) groups is 1. The molecular formula is C26H27N3O5. The first-order valence-corrected chi connectivity index (χ1v) is 11.4.